The van der Waals surface area contributed by atoms with Gasteiger partial charge in [0.2, 0.25) is 5.79 Å². The van der Waals surface area contributed by atoms with E-state index in [1.54, 1.807) is 0 Å². The second-order valence-corrected chi connectivity index (χ2v) is 5.53. The van der Waals surface area contributed by atoms with E-state index in [0.717, 1.165) is 12.8 Å². The summed E-state index contributed by atoms with van der Waals surface area (Å²) in [6.07, 6.45) is 11.9. The molecule has 1 unspecified atom stereocenters. The highest BCUT2D eigenvalue weighted by atomic mass is 16.7. The topological polar surface area (TPSA) is 72.6 Å². The molecule has 0 aromatic heterocycles. The maximum Gasteiger partial charge on any atom is 0.406 e. The summed E-state index contributed by atoms with van der Waals surface area (Å²) in [6, 6.07) is 0. The molecule has 0 aromatic carbocycles. The predicted octanol–water partition coefficient (Wildman–Crippen LogP) is 4.10. The van der Waals surface area contributed by atoms with E-state index < -0.39 is 11.9 Å². The van der Waals surface area contributed by atoms with Gasteiger partial charge in [-0.1, -0.05) is 64.7 Å². The van der Waals surface area contributed by atoms with Crippen molar-refractivity contribution in [3.63, 3.8) is 0 Å². The van der Waals surface area contributed by atoms with Crippen molar-refractivity contribution in [2.45, 2.75) is 90.3 Å². The highest BCUT2D eigenvalue weighted by molar-refractivity contribution is 5.64. The SMILES string of the molecule is CCCCCCCCCCCCC(C)(O)OC(N)=O. The van der Waals surface area contributed by atoms with Gasteiger partial charge in [0.1, 0.15) is 0 Å². The summed E-state index contributed by atoms with van der Waals surface area (Å²) in [7, 11) is 0. The van der Waals surface area contributed by atoms with Gasteiger partial charge in [-0.2, -0.15) is 0 Å². The molecule has 0 spiro atoms. The highest BCUT2D eigenvalue weighted by Gasteiger charge is 2.23. The number of rotatable bonds is 12. The fraction of sp³-hybridized carbons (Fsp3) is 0.933. The molecule has 4 nitrogen and oxygen atoms in total. The number of hydrogen-bond acceptors (Lipinski definition) is 3. The standard InChI is InChI=1S/C15H31NO3/c1-3-4-5-6-7-8-9-10-11-12-13-15(2,18)19-14(16)17/h18H,3-13H2,1-2H3,(H2,16,17). The van der Waals surface area contributed by atoms with Crippen molar-refractivity contribution in [3.05, 3.63) is 0 Å². The Morgan fingerprint density at radius 3 is 1.84 bits per heavy atom. The third-order valence-corrected chi connectivity index (χ3v) is 3.31. The van der Waals surface area contributed by atoms with Crippen LogP contribution in [0, 0.1) is 0 Å². The van der Waals surface area contributed by atoms with E-state index >= 15 is 0 Å². The Balaban J connectivity index is 3.28. The Morgan fingerprint density at radius 2 is 1.42 bits per heavy atom. The van der Waals surface area contributed by atoms with Crippen molar-refractivity contribution < 1.29 is 14.6 Å². The molecule has 1 amide bonds. The lowest BCUT2D eigenvalue weighted by Gasteiger charge is -2.21. The molecule has 4 heteroatoms. The zero-order valence-corrected chi connectivity index (χ0v) is 12.6. The predicted molar refractivity (Wildman–Crippen MR) is 77.8 cm³/mol. The number of carbonyl (C=O) groups is 1. The van der Waals surface area contributed by atoms with Crippen LogP contribution in [0.3, 0.4) is 0 Å². The number of primary amides is 1. The zero-order chi connectivity index (χ0) is 14.6. The van der Waals surface area contributed by atoms with Crippen LogP contribution in [-0.2, 0) is 4.74 Å². The molecule has 0 rings (SSSR count). The van der Waals surface area contributed by atoms with Gasteiger partial charge in [0.25, 0.3) is 0 Å². The molecular weight excluding hydrogens is 242 g/mol. The summed E-state index contributed by atoms with van der Waals surface area (Å²) in [5.74, 6) is -1.41. The second-order valence-electron chi connectivity index (χ2n) is 5.53. The normalized spacial score (nSPS) is 14.1. The van der Waals surface area contributed by atoms with E-state index in [0.29, 0.717) is 6.42 Å². The first-order valence-corrected chi connectivity index (χ1v) is 7.69. The second kappa shape index (κ2) is 11.1. The van der Waals surface area contributed by atoms with Crippen LogP contribution in [0.4, 0.5) is 4.79 Å². The molecule has 19 heavy (non-hydrogen) atoms. The number of ether oxygens (including phenoxy) is 1. The Morgan fingerprint density at radius 1 is 1.00 bits per heavy atom. The molecule has 0 aliphatic heterocycles. The van der Waals surface area contributed by atoms with Gasteiger partial charge in [0.05, 0.1) is 0 Å². The molecule has 114 valence electrons. The van der Waals surface area contributed by atoms with E-state index in [4.69, 9.17) is 5.73 Å². The molecule has 0 fully saturated rings. The van der Waals surface area contributed by atoms with Crippen LogP contribution in [0.15, 0.2) is 0 Å². The van der Waals surface area contributed by atoms with Crippen molar-refractivity contribution in [3.8, 4) is 0 Å². The van der Waals surface area contributed by atoms with Crippen LogP contribution in [0.5, 0.6) is 0 Å². The van der Waals surface area contributed by atoms with Crippen LogP contribution in [-0.4, -0.2) is 17.0 Å². The average molecular weight is 273 g/mol. The minimum atomic E-state index is -1.41. The van der Waals surface area contributed by atoms with Gasteiger partial charge >= 0.3 is 6.09 Å². The molecule has 0 saturated heterocycles. The van der Waals surface area contributed by atoms with E-state index in [-0.39, 0.29) is 0 Å². The summed E-state index contributed by atoms with van der Waals surface area (Å²) >= 11 is 0. The largest absolute Gasteiger partial charge is 0.418 e. The highest BCUT2D eigenvalue weighted by Crippen LogP contribution is 2.17. The molecule has 0 saturated carbocycles. The molecule has 0 aliphatic carbocycles. The zero-order valence-electron chi connectivity index (χ0n) is 12.6. The lowest BCUT2D eigenvalue weighted by molar-refractivity contribution is -0.150. The van der Waals surface area contributed by atoms with Gasteiger partial charge < -0.3 is 15.6 Å². The summed E-state index contributed by atoms with van der Waals surface area (Å²) < 4.78 is 4.61. The summed E-state index contributed by atoms with van der Waals surface area (Å²) in [5.41, 5.74) is 4.88. The van der Waals surface area contributed by atoms with E-state index in [9.17, 15) is 9.90 Å². The van der Waals surface area contributed by atoms with Crippen molar-refractivity contribution in [2.24, 2.45) is 5.73 Å². The molecule has 0 radical (unpaired) electrons. The van der Waals surface area contributed by atoms with E-state index in [1.165, 1.54) is 58.3 Å². The fourth-order valence-electron chi connectivity index (χ4n) is 2.21. The number of carbonyl (C=O) groups excluding carboxylic acids is 1. The average Bonchev–Trinajstić information content (AvgIpc) is 2.30. The van der Waals surface area contributed by atoms with E-state index in [1.807, 2.05) is 0 Å². The first-order chi connectivity index (χ1) is 8.98. The van der Waals surface area contributed by atoms with Crippen LogP contribution in [0.1, 0.15) is 84.5 Å². The molecule has 0 heterocycles. The third-order valence-electron chi connectivity index (χ3n) is 3.31. The van der Waals surface area contributed by atoms with Gasteiger partial charge in [-0.15, -0.1) is 0 Å². The first-order valence-electron chi connectivity index (χ1n) is 7.69. The summed E-state index contributed by atoms with van der Waals surface area (Å²) in [5, 5.41) is 9.68. The number of amides is 1. The smallest absolute Gasteiger partial charge is 0.406 e. The van der Waals surface area contributed by atoms with Crippen LogP contribution >= 0.6 is 0 Å². The van der Waals surface area contributed by atoms with Gasteiger partial charge in [-0.05, 0) is 6.42 Å². The Bertz CT molecular complexity index is 229. The van der Waals surface area contributed by atoms with E-state index in [2.05, 4.69) is 11.7 Å². The van der Waals surface area contributed by atoms with Crippen LogP contribution in [0.25, 0.3) is 0 Å². The van der Waals surface area contributed by atoms with Crippen molar-refractivity contribution in [1.29, 1.82) is 0 Å². The number of unbranched alkanes of at least 4 members (excludes halogenated alkanes) is 9. The van der Waals surface area contributed by atoms with Gasteiger partial charge in [-0.3, -0.25) is 0 Å². The molecule has 0 aromatic rings. The van der Waals surface area contributed by atoms with Gasteiger partial charge in [0, 0.05) is 13.3 Å². The molecular formula is C15H31NO3. The molecule has 1 atom stereocenters. The quantitative estimate of drug-likeness (QED) is 0.415. The lowest BCUT2D eigenvalue weighted by atomic mass is 10.0. The summed E-state index contributed by atoms with van der Waals surface area (Å²) in [4.78, 5) is 10.5. The van der Waals surface area contributed by atoms with Crippen LogP contribution in [0.2, 0.25) is 0 Å². The minimum absolute atomic E-state index is 0.451. The molecule has 3 N–H and O–H groups in total. The van der Waals surface area contributed by atoms with Crippen molar-refractivity contribution >= 4 is 6.09 Å². The maximum atomic E-state index is 10.5. The van der Waals surface area contributed by atoms with Crippen molar-refractivity contribution in [2.75, 3.05) is 0 Å². The summed E-state index contributed by atoms with van der Waals surface area (Å²) in [6.45, 7) is 3.71. The molecule has 0 aliphatic rings. The fourth-order valence-corrected chi connectivity index (χ4v) is 2.21. The lowest BCUT2D eigenvalue weighted by Crippen LogP contribution is -2.33. The Kier molecular flexibility index (Phi) is 10.6. The third kappa shape index (κ3) is 13.5. The number of aliphatic hydroxyl groups is 1. The van der Waals surface area contributed by atoms with Crippen LogP contribution < -0.4 is 5.73 Å². The number of hydrogen-bond donors (Lipinski definition) is 2. The van der Waals surface area contributed by atoms with Crippen molar-refractivity contribution in [1.82, 2.24) is 0 Å². The number of nitrogens with two attached hydrogens (primary N) is 1. The molecule has 0 bridgehead atoms. The van der Waals surface area contributed by atoms with Gasteiger partial charge in [0.15, 0.2) is 0 Å². The minimum Gasteiger partial charge on any atom is -0.418 e. The first kappa shape index (κ1) is 18.2. The maximum absolute atomic E-state index is 10.5. The Hall–Kier alpha value is -0.770. The Labute approximate surface area is 117 Å². The van der Waals surface area contributed by atoms with Gasteiger partial charge in [-0.25, -0.2) is 4.79 Å². The monoisotopic (exact) mass is 273 g/mol.